The number of benzene rings is 2. The van der Waals surface area contributed by atoms with Crippen LogP contribution in [0.1, 0.15) is 56.1 Å². The van der Waals surface area contributed by atoms with Gasteiger partial charge in [-0.05, 0) is 99.4 Å². The van der Waals surface area contributed by atoms with E-state index in [1.165, 1.54) is 30.0 Å². The standard InChI is InChI=1S/C35H39FN6O2/c1-2-32(43)42-19-18-40(22-25(42)12-15-37)33-29-20-30(36)28(27-11-5-9-24-8-3-4-10-26(24)27)21-31(29)38-34(39-33)44-23-35-13-6-16-41(35)17-7-14-35/h2,5,9,11,20-21,25H,1,3-4,6-8,10,12-14,16-19,22-23H2/t25-/m0/s1. The summed E-state index contributed by atoms with van der Waals surface area (Å²) in [5.74, 6) is 0.0714. The molecule has 228 valence electrons. The minimum absolute atomic E-state index is 0.0318. The third-order valence-electron chi connectivity index (χ3n) is 10.3. The van der Waals surface area contributed by atoms with Crippen LogP contribution in [0.2, 0.25) is 0 Å². The van der Waals surface area contributed by atoms with Gasteiger partial charge < -0.3 is 14.5 Å². The van der Waals surface area contributed by atoms with Crippen molar-refractivity contribution in [1.29, 1.82) is 5.26 Å². The average molecular weight is 595 g/mol. The summed E-state index contributed by atoms with van der Waals surface area (Å²) in [6, 6.07) is 11.8. The summed E-state index contributed by atoms with van der Waals surface area (Å²) >= 11 is 0. The average Bonchev–Trinajstić information content (AvgIpc) is 3.64. The molecule has 8 nitrogen and oxygen atoms in total. The number of hydrogen-bond acceptors (Lipinski definition) is 7. The van der Waals surface area contributed by atoms with Crippen LogP contribution in [0.3, 0.4) is 0 Å². The lowest BCUT2D eigenvalue weighted by Crippen LogP contribution is -2.55. The number of rotatable bonds is 7. The first-order chi connectivity index (χ1) is 21.5. The van der Waals surface area contributed by atoms with Crippen molar-refractivity contribution in [3.8, 4) is 23.2 Å². The highest BCUT2D eigenvalue weighted by atomic mass is 19.1. The fourth-order valence-corrected chi connectivity index (χ4v) is 8.05. The first-order valence-electron chi connectivity index (χ1n) is 16.0. The maximum absolute atomic E-state index is 16.1. The zero-order valence-electron chi connectivity index (χ0n) is 25.2. The molecule has 1 atom stereocenters. The van der Waals surface area contributed by atoms with E-state index in [0.717, 1.165) is 57.2 Å². The Kier molecular flexibility index (Phi) is 7.71. The second-order valence-electron chi connectivity index (χ2n) is 12.7. The molecule has 4 heterocycles. The highest BCUT2D eigenvalue weighted by Crippen LogP contribution is 2.40. The van der Waals surface area contributed by atoms with Crippen LogP contribution >= 0.6 is 0 Å². The fourth-order valence-electron chi connectivity index (χ4n) is 8.05. The summed E-state index contributed by atoms with van der Waals surface area (Å²) in [5, 5.41) is 10.1. The second-order valence-corrected chi connectivity index (χ2v) is 12.7. The van der Waals surface area contributed by atoms with E-state index in [0.29, 0.717) is 48.5 Å². The molecule has 3 aliphatic heterocycles. The molecule has 7 rings (SSSR count). The number of halogens is 1. The molecular weight excluding hydrogens is 555 g/mol. The number of hydrogen-bond donors (Lipinski definition) is 0. The van der Waals surface area contributed by atoms with E-state index in [1.54, 1.807) is 11.0 Å². The van der Waals surface area contributed by atoms with Crippen molar-refractivity contribution in [2.75, 3.05) is 44.2 Å². The zero-order valence-corrected chi connectivity index (χ0v) is 25.2. The Balaban J connectivity index is 1.30. The number of aryl methyl sites for hydroxylation is 1. The van der Waals surface area contributed by atoms with Gasteiger partial charge in [-0.1, -0.05) is 24.8 Å². The number of carbonyl (C=O) groups excluding carboxylic acids is 1. The maximum atomic E-state index is 16.1. The van der Waals surface area contributed by atoms with Crippen LogP contribution in [-0.4, -0.2) is 76.6 Å². The van der Waals surface area contributed by atoms with Crippen molar-refractivity contribution in [3.63, 3.8) is 0 Å². The van der Waals surface area contributed by atoms with Gasteiger partial charge in [0.05, 0.1) is 29.6 Å². The molecule has 0 unspecified atom stereocenters. The number of amides is 1. The number of aromatic nitrogens is 2. The Morgan fingerprint density at radius 1 is 1.09 bits per heavy atom. The van der Waals surface area contributed by atoms with E-state index in [9.17, 15) is 10.1 Å². The van der Waals surface area contributed by atoms with Gasteiger partial charge in [0.15, 0.2) is 0 Å². The fraction of sp³-hybridized carbons (Fsp3) is 0.486. The smallest absolute Gasteiger partial charge is 0.319 e. The Bertz CT molecular complexity index is 1640. The van der Waals surface area contributed by atoms with Gasteiger partial charge in [0, 0.05) is 30.6 Å². The number of nitriles is 1. The van der Waals surface area contributed by atoms with Gasteiger partial charge in [-0.15, -0.1) is 0 Å². The topological polar surface area (TPSA) is 85.6 Å². The first-order valence-corrected chi connectivity index (χ1v) is 16.0. The van der Waals surface area contributed by atoms with E-state index >= 15 is 4.39 Å². The summed E-state index contributed by atoms with van der Waals surface area (Å²) < 4.78 is 22.6. The van der Waals surface area contributed by atoms with Gasteiger partial charge >= 0.3 is 6.01 Å². The monoisotopic (exact) mass is 594 g/mol. The van der Waals surface area contributed by atoms with Crippen molar-refractivity contribution in [2.24, 2.45) is 0 Å². The van der Waals surface area contributed by atoms with Crippen LogP contribution in [-0.2, 0) is 17.6 Å². The highest BCUT2D eigenvalue weighted by Gasteiger charge is 2.45. The number of nitrogens with zero attached hydrogens (tertiary/aromatic N) is 6. The second kappa shape index (κ2) is 11.8. The molecule has 3 aromatic rings. The van der Waals surface area contributed by atoms with Crippen molar-refractivity contribution < 1.29 is 13.9 Å². The van der Waals surface area contributed by atoms with Crippen LogP contribution in [0.25, 0.3) is 22.0 Å². The van der Waals surface area contributed by atoms with E-state index < -0.39 is 0 Å². The van der Waals surface area contributed by atoms with Crippen molar-refractivity contribution in [1.82, 2.24) is 19.8 Å². The molecule has 0 saturated carbocycles. The predicted molar refractivity (Wildman–Crippen MR) is 168 cm³/mol. The molecule has 9 heteroatoms. The van der Waals surface area contributed by atoms with Gasteiger partial charge in [0.2, 0.25) is 5.91 Å². The Hall–Kier alpha value is -4.03. The third-order valence-corrected chi connectivity index (χ3v) is 10.3. The summed E-state index contributed by atoms with van der Waals surface area (Å²) in [7, 11) is 0. The van der Waals surface area contributed by atoms with Crippen LogP contribution in [0.15, 0.2) is 43.0 Å². The van der Waals surface area contributed by atoms with E-state index in [2.05, 4.69) is 23.6 Å². The molecule has 0 spiro atoms. The Morgan fingerprint density at radius 2 is 1.91 bits per heavy atom. The molecule has 3 fully saturated rings. The number of carbonyl (C=O) groups is 1. The molecule has 1 aliphatic carbocycles. The van der Waals surface area contributed by atoms with E-state index in [1.807, 2.05) is 23.1 Å². The molecule has 1 aromatic heterocycles. The number of fused-ring (bicyclic) bond motifs is 3. The van der Waals surface area contributed by atoms with Gasteiger partial charge in [-0.3, -0.25) is 9.69 Å². The first kappa shape index (κ1) is 28.7. The normalized spacial score (nSPS) is 21.1. The van der Waals surface area contributed by atoms with Crippen molar-refractivity contribution in [2.45, 2.75) is 69.4 Å². The minimum atomic E-state index is -0.335. The summed E-state index contributed by atoms with van der Waals surface area (Å²) in [6.07, 6.45) is 10.3. The molecule has 0 N–H and O–H groups in total. The number of ether oxygens (including phenoxy) is 1. The molecule has 2 aromatic carbocycles. The summed E-state index contributed by atoms with van der Waals surface area (Å²) in [5.41, 5.74) is 4.67. The van der Waals surface area contributed by atoms with Crippen LogP contribution < -0.4 is 9.64 Å². The number of piperazine rings is 1. The van der Waals surface area contributed by atoms with Crippen LogP contribution in [0, 0.1) is 17.1 Å². The molecule has 0 radical (unpaired) electrons. The predicted octanol–water partition coefficient (Wildman–Crippen LogP) is 5.44. The third kappa shape index (κ3) is 5.09. The quantitative estimate of drug-likeness (QED) is 0.337. The molecule has 0 bridgehead atoms. The largest absolute Gasteiger partial charge is 0.461 e. The lowest BCUT2D eigenvalue weighted by Gasteiger charge is -2.41. The Morgan fingerprint density at radius 3 is 2.70 bits per heavy atom. The number of anilines is 1. The molecule has 3 saturated heterocycles. The minimum Gasteiger partial charge on any atom is -0.461 e. The maximum Gasteiger partial charge on any atom is 0.319 e. The van der Waals surface area contributed by atoms with Gasteiger partial charge in [-0.2, -0.15) is 15.2 Å². The zero-order chi connectivity index (χ0) is 30.3. The highest BCUT2D eigenvalue weighted by molar-refractivity contribution is 5.94. The van der Waals surface area contributed by atoms with Crippen molar-refractivity contribution in [3.05, 3.63) is 59.9 Å². The van der Waals surface area contributed by atoms with Crippen LogP contribution in [0.5, 0.6) is 6.01 Å². The molecule has 4 aliphatic rings. The molecule has 1 amide bonds. The SMILES string of the molecule is C=CC(=O)N1CCN(c2nc(OCC34CCCN3CCC4)nc3cc(-c4cccc5c4CCCC5)c(F)cc23)C[C@@H]1CC#N. The van der Waals surface area contributed by atoms with Crippen LogP contribution in [0.4, 0.5) is 10.2 Å². The van der Waals surface area contributed by atoms with E-state index in [4.69, 9.17) is 14.7 Å². The van der Waals surface area contributed by atoms with Crippen molar-refractivity contribution >= 4 is 22.6 Å². The van der Waals surface area contributed by atoms with Gasteiger partial charge in [-0.25, -0.2) is 4.39 Å². The van der Waals surface area contributed by atoms with Gasteiger partial charge in [0.1, 0.15) is 18.2 Å². The Labute approximate surface area is 258 Å². The van der Waals surface area contributed by atoms with E-state index in [-0.39, 0.29) is 35.7 Å². The molecule has 44 heavy (non-hydrogen) atoms. The lowest BCUT2D eigenvalue weighted by atomic mass is 9.85. The lowest BCUT2D eigenvalue weighted by molar-refractivity contribution is -0.128. The summed E-state index contributed by atoms with van der Waals surface area (Å²) in [6.45, 7) is 7.66. The molecular formula is C35H39FN6O2. The van der Waals surface area contributed by atoms with Gasteiger partial charge in [0.25, 0.3) is 0 Å². The summed E-state index contributed by atoms with van der Waals surface area (Å²) in [4.78, 5) is 28.6.